The van der Waals surface area contributed by atoms with Crippen LogP contribution in [-0.4, -0.2) is 31.4 Å². The van der Waals surface area contributed by atoms with E-state index in [2.05, 4.69) is 0 Å². The van der Waals surface area contributed by atoms with Gasteiger partial charge in [0.25, 0.3) is 5.56 Å². The Kier molecular flexibility index (Phi) is 9.56. The SMILES string of the molecule is CCOC(=O)C1=C(c2ccccc2)N=c2s/c(=C\c3ccc(OCc4ccc(Cl)cc4)c(OC)c3)c(=O)n2[C@H]1c1cccc(OC)c1. The Hall–Kier alpha value is -5.12. The summed E-state index contributed by atoms with van der Waals surface area (Å²) in [5, 5.41) is 0.657. The molecule has 8 nitrogen and oxygen atoms in total. The zero-order valence-corrected chi connectivity index (χ0v) is 27.5. The van der Waals surface area contributed by atoms with Crippen molar-refractivity contribution in [2.24, 2.45) is 4.99 Å². The van der Waals surface area contributed by atoms with Crippen molar-refractivity contribution in [1.82, 2.24) is 4.57 Å². The number of nitrogens with zero attached hydrogens (tertiary/aromatic N) is 2. The van der Waals surface area contributed by atoms with Crippen LogP contribution in [0, 0.1) is 0 Å². The number of thiazole rings is 1. The summed E-state index contributed by atoms with van der Waals surface area (Å²) in [6.07, 6.45) is 1.79. The first kappa shape index (κ1) is 31.8. The van der Waals surface area contributed by atoms with Gasteiger partial charge in [0.05, 0.1) is 42.7 Å². The predicted molar refractivity (Wildman–Crippen MR) is 183 cm³/mol. The molecule has 1 aliphatic heterocycles. The zero-order chi connectivity index (χ0) is 32.9. The van der Waals surface area contributed by atoms with Gasteiger partial charge in [-0.05, 0) is 66.1 Å². The highest BCUT2D eigenvalue weighted by molar-refractivity contribution is 7.07. The number of carbonyl (C=O) groups is 1. The molecule has 0 spiro atoms. The summed E-state index contributed by atoms with van der Waals surface area (Å²) in [7, 11) is 3.14. The van der Waals surface area contributed by atoms with Gasteiger partial charge >= 0.3 is 5.97 Å². The molecule has 4 aromatic carbocycles. The number of halogens is 1. The molecule has 0 amide bonds. The molecule has 10 heteroatoms. The second-order valence-corrected chi connectivity index (χ2v) is 12.0. The Balaban J connectivity index is 1.47. The van der Waals surface area contributed by atoms with Gasteiger partial charge in [-0.3, -0.25) is 9.36 Å². The van der Waals surface area contributed by atoms with Crippen molar-refractivity contribution in [3.8, 4) is 17.2 Å². The average Bonchev–Trinajstić information content (AvgIpc) is 3.41. The van der Waals surface area contributed by atoms with E-state index in [1.807, 2.05) is 97.1 Å². The van der Waals surface area contributed by atoms with E-state index in [-0.39, 0.29) is 17.7 Å². The van der Waals surface area contributed by atoms with Crippen molar-refractivity contribution in [2.45, 2.75) is 19.6 Å². The Morgan fingerprint density at radius 3 is 2.45 bits per heavy atom. The number of benzene rings is 4. The molecule has 0 saturated carbocycles. The topological polar surface area (TPSA) is 88.4 Å². The lowest BCUT2D eigenvalue weighted by atomic mass is 9.93. The van der Waals surface area contributed by atoms with Crippen molar-refractivity contribution in [3.05, 3.63) is 150 Å². The van der Waals surface area contributed by atoms with E-state index in [1.165, 1.54) is 11.3 Å². The quantitative estimate of drug-likeness (QED) is 0.165. The molecule has 0 unspecified atom stereocenters. The summed E-state index contributed by atoms with van der Waals surface area (Å²) >= 11 is 7.25. The summed E-state index contributed by atoms with van der Waals surface area (Å²) < 4.78 is 24.7. The van der Waals surface area contributed by atoms with Gasteiger partial charge < -0.3 is 18.9 Å². The smallest absolute Gasteiger partial charge is 0.338 e. The van der Waals surface area contributed by atoms with Gasteiger partial charge in [-0.2, -0.15) is 0 Å². The van der Waals surface area contributed by atoms with Crippen molar-refractivity contribution in [1.29, 1.82) is 0 Å². The molecule has 5 aromatic rings. The highest BCUT2D eigenvalue weighted by Crippen LogP contribution is 2.36. The maximum Gasteiger partial charge on any atom is 0.338 e. The molecule has 1 atom stereocenters. The van der Waals surface area contributed by atoms with E-state index in [4.69, 9.17) is 35.5 Å². The molecule has 0 saturated heterocycles. The summed E-state index contributed by atoms with van der Waals surface area (Å²) in [5.74, 6) is 1.13. The number of carbonyl (C=O) groups excluding carboxylic acids is 1. The lowest BCUT2D eigenvalue weighted by Gasteiger charge is -2.26. The molecule has 47 heavy (non-hydrogen) atoms. The molecule has 0 aliphatic carbocycles. The van der Waals surface area contributed by atoms with Crippen LogP contribution >= 0.6 is 22.9 Å². The van der Waals surface area contributed by atoms with Gasteiger partial charge in [0, 0.05) is 10.6 Å². The van der Waals surface area contributed by atoms with Crippen LogP contribution in [0.1, 0.15) is 35.2 Å². The molecule has 6 rings (SSSR count). The van der Waals surface area contributed by atoms with Crippen LogP contribution in [0.5, 0.6) is 17.2 Å². The van der Waals surface area contributed by atoms with E-state index in [9.17, 15) is 9.59 Å². The number of ether oxygens (including phenoxy) is 4. The molecule has 0 radical (unpaired) electrons. The van der Waals surface area contributed by atoms with Gasteiger partial charge in [0.2, 0.25) is 0 Å². The molecular weight excluding hydrogens is 636 g/mol. The third-order valence-corrected chi connectivity index (χ3v) is 8.81. The minimum absolute atomic E-state index is 0.168. The number of esters is 1. The van der Waals surface area contributed by atoms with Crippen LogP contribution in [0.2, 0.25) is 5.02 Å². The monoisotopic (exact) mass is 666 g/mol. The largest absolute Gasteiger partial charge is 0.497 e. The molecule has 2 heterocycles. The van der Waals surface area contributed by atoms with Crippen molar-refractivity contribution in [3.63, 3.8) is 0 Å². The normalized spacial score (nSPS) is 14.3. The van der Waals surface area contributed by atoms with Crippen LogP contribution < -0.4 is 29.1 Å². The first-order valence-corrected chi connectivity index (χ1v) is 16.1. The first-order chi connectivity index (χ1) is 22.9. The maximum absolute atomic E-state index is 14.2. The van der Waals surface area contributed by atoms with Crippen LogP contribution in [0.15, 0.2) is 112 Å². The van der Waals surface area contributed by atoms with Crippen molar-refractivity contribution >= 4 is 40.7 Å². The van der Waals surface area contributed by atoms with E-state index in [1.54, 1.807) is 31.8 Å². The fourth-order valence-electron chi connectivity index (χ4n) is 5.35. The summed E-state index contributed by atoms with van der Waals surface area (Å²) in [6.45, 7) is 2.25. The minimum Gasteiger partial charge on any atom is -0.497 e. The maximum atomic E-state index is 14.2. The van der Waals surface area contributed by atoms with Crippen LogP contribution in [-0.2, 0) is 16.1 Å². The number of methoxy groups -OCH3 is 2. The second-order valence-electron chi connectivity index (χ2n) is 10.5. The minimum atomic E-state index is -0.809. The van der Waals surface area contributed by atoms with Gasteiger partial charge in [-0.15, -0.1) is 0 Å². The molecule has 0 N–H and O–H groups in total. The highest BCUT2D eigenvalue weighted by atomic mass is 35.5. The standard InChI is InChI=1S/C37H31ClN2O6S/c1-4-45-36(42)32-33(25-9-6-5-7-10-25)39-37-40(34(32)26-11-8-12-28(21-26)43-2)35(41)31(47-37)20-24-15-18-29(30(19-24)44-3)46-22-23-13-16-27(38)17-14-23/h5-21,34H,4,22H2,1-3H3/b31-20-/t34-/m0/s1. The Labute approximate surface area is 280 Å². The molecule has 1 aliphatic rings. The zero-order valence-electron chi connectivity index (χ0n) is 25.9. The lowest BCUT2D eigenvalue weighted by Crippen LogP contribution is -2.40. The van der Waals surface area contributed by atoms with Crippen LogP contribution in [0.25, 0.3) is 11.8 Å². The first-order valence-electron chi connectivity index (χ1n) is 14.9. The number of hydrogen-bond acceptors (Lipinski definition) is 8. The summed E-state index contributed by atoms with van der Waals surface area (Å²) in [4.78, 5) is 33.3. The van der Waals surface area contributed by atoms with Crippen molar-refractivity contribution in [2.75, 3.05) is 20.8 Å². The molecule has 0 bridgehead atoms. The van der Waals surface area contributed by atoms with Crippen LogP contribution in [0.3, 0.4) is 0 Å². The van der Waals surface area contributed by atoms with E-state index < -0.39 is 12.0 Å². The number of fused-ring (bicyclic) bond motifs is 1. The van der Waals surface area contributed by atoms with E-state index in [0.29, 0.717) is 49.5 Å². The molecular formula is C37H31ClN2O6S. The Morgan fingerprint density at radius 2 is 1.72 bits per heavy atom. The molecule has 0 fully saturated rings. The summed E-state index contributed by atoms with van der Waals surface area (Å²) in [6, 6.07) is 28.9. The van der Waals surface area contributed by atoms with Gasteiger partial charge in [0.15, 0.2) is 16.3 Å². The fraction of sp³-hybridized carbons (Fsp3) is 0.162. The lowest BCUT2D eigenvalue weighted by molar-refractivity contribution is -0.138. The number of rotatable bonds is 10. The summed E-state index contributed by atoms with van der Waals surface area (Å²) in [5.41, 5.74) is 3.55. The third kappa shape index (κ3) is 6.72. The van der Waals surface area contributed by atoms with E-state index in [0.717, 1.165) is 16.7 Å². The number of hydrogen-bond donors (Lipinski definition) is 0. The fourth-order valence-corrected chi connectivity index (χ4v) is 6.48. The van der Waals surface area contributed by atoms with Gasteiger partial charge in [-0.1, -0.05) is 83.6 Å². The predicted octanol–water partition coefficient (Wildman–Crippen LogP) is 6.19. The Morgan fingerprint density at radius 1 is 0.936 bits per heavy atom. The second kappa shape index (κ2) is 14.1. The highest BCUT2D eigenvalue weighted by Gasteiger charge is 2.35. The van der Waals surface area contributed by atoms with Gasteiger partial charge in [-0.25, -0.2) is 9.79 Å². The number of aromatic nitrogens is 1. The average molecular weight is 667 g/mol. The molecule has 238 valence electrons. The molecule has 1 aromatic heterocycles. The van der Waals surface area contributed by atoms with Gasteiger partial charge in [0.1, 0.15) is 12.4 Å². The van der Waals surface area contributed by atoms with Crippen LogP contribution in [0.4, 0.5) is 0 Å². The Bertz CT molecular complexity index is 2140. The van der Waals surface area contributed by atoms with Crippen molar-refractivity contribution < 1.29 is 23.7 Å². The van der Waals surface area contributed by atoms with E-state index >= 15 is 0 Å². The third-order valence-electron chi connectivity index (χ3n) is 7.58.